The van der Waals surface area contributed by atoms with E-state index in [9.17, 15) is 4.79 Å². The van der Waals surface area contributed by atoms with Gasteiger partial charge in [0, 0.05) is 29.2 Å². The average Bonchev–Trinajstić information content (AvgIpc) is 3.28. The zero-order valence-corrected chi connectivity index (χ0v) is 19.4. The molecule has 0 bridgehead atoms. The first-order valence-electron chi connectivity index (χ1n) is 10.6. The van der Waals surface area contributed by atoms with Crippen molar-refractivity contribution in [3.8, 4) is 0 Å². The number of aryl methyl sites for hydroxylation is 2. The Hall–Kier alpha value is -4.37. The predicted molar refractivity (Wildman–Crippen MR) is 136 cm³/mol. The van der Waals surface area contributed by atoms with E-state index < -0.39 is 0 Å². The minimum atomic E-state index is -0.164. The molecular formula is C25H21N7OS. The first-order chi connectivity index (χ1) is 16.5. The summed E-state index contributed by atoms with van der Waals surface area (Å²) in [4.78, 5) is 30.1. The van der Waals surface area contributed by atoms with Crippen LogP contribution in [0.4, 0.5) is 28.8 Å². The number of nitrogens with one attached hydrogen (secondary N) is 3. The summed E-state index contributed by atoms with van der Waals surface area (Å²) in [6, 6.07) is 18.7. The van der Waals surface area contributed by atoms with Crippen LogP contribution in [-0.2, 0) is 0 Å². The minimum absolute atomic E-state index is 0.164. The van der Waals surface area contributed by atoms with E-state index in [0.717, 1.165) is 27.3 Å². The van der Waals surface area contributed by atoms with Crippen molar-refractivity contribution in [1.29, 1.82) is 0 Å². The number of thiazole rings is 1. The number of carbonyl (C=O) groups is 1. The van der Waals surface area contributed by atoms with Gasteiger partial charge in [-0.1, -0.05) is 0 Å². The number of carbonyl (C=O) groups excluding carboxylic acids is 1. The van der Waals surface area contributed by atoms with Gasteiger partial charge in [-0.25, -0.2) is 19.9 Å². The van der Waals surface area contributed by atoms with Gasteiger partial charge in [-0.2, -0.15) is 0 Å². The Bertz CT molecular complexity index is 1480. The van der Waals surface area contributed by atoms with E-state index in [1.807, 2.05) is 68.4 Å². The fraction of sp³-hybridized carbons (Fsp3) is 0.0800. The molecule has 0 saturated heterocycles. The quantitative estimate of drug-likeness (QED) is 0.288. The van der Waals surface area contributed by atoms with Gasteiger partial charge in [0.05, 0.1) is 15.7 Å². The molecule has 0 aliphatic carbocycles. The Balaban J connectivity index is 1.26. The molecule has 5 aromatic rings. The lowest BCUT2D eigenvalue weighted by Crippen LogP contribution is -2.11. The Morgan fingerprint density at radius 1 is 0.794 bits per heavy atom. The molecule has 0 atom stereocenters. The summed E-state index contributed by atoms with van der Waals surface area (Å²) in [6.07, 6.45) is 1.75. The lowest BCUT2D eigenvalue weighted by Gasteiger charge is -2.11. The van der Waals surface area contributed by atoms with Crippen molar-refractivity contribution in [1.82, 2.24) is 19.9 Å². The van der Waals surface area contributed by atoms with E-state index >= 15 is 0 Å². The molecule has 3 heterocycles. The first kappa shape index (κ1) is 21.5. The average molecular weight is 468 g/mol. The van der Waals surface area contributed by atoms with E-state index in [2.05, 4.69) is 35.9 Å². The highest BCUT2D eigenvalue weighted by Gasteiger charge is 2.09. The normalized spacial score (nSPS) is 10.8. The SMILES string of the molecule is Cc1ccnc(Nc2cc(Nc3ccc(NC(=O)c4ccc5ncsc5c4)cc3)nc(C)n2)c1. The van der Waals surface area contributed by atoms with E-state index in [1.54, 1.807) is 17.8 Å². The van der Waals surface area contributed by atoms with Crippen molar-refractivity contribution in [2.45, 2.75) is 13.8 Å². The van der Waals surface area contributed by atoms with Gasteiger partial charge in [-0.3, -0.25) is 4.79 Å². The van der Waals surface area contributed by atoms with Gasteiger partial charge in [-0.05, 0) is 74.0 Å². The molecule has 0 fully saturated rings. The van der Waals surface area contributed by atoms with E-state index in [4.69, 9.17) is 0 Å². The fourth-order valence-electron chi connectivity index (χ4n) is 3.42. The van der Waals surface area contributed by atoms with Crippen molar-refractivity contribution >= 4 is 56.3 Å². The van der Waals surface area contributed by atoms with Crippen LogP contribution in [0.5, 0.6) is 0 Å². The van der Waals surface area contributed by atoms with Crippen LogP contribution in [0.25, 0.3) is 10.2 Å². The molecule has 8 nitrogen and oxygen atoms in total. The first-order valence-corrected chi connectivity index (χ1v) is 11.5. The van der Waals surface area contributed by atoms with Gasteiger partial charge in [0.25, 0.3) is 5.91 Å². The lowest BCUT2D eigenvalue weighted by atomic mass is 10.2. The highest BCUT2D eigenvalue weighted by atomic mass is 32.1. The van der Waals surface area contributed by atoms with Crippen molar-refractivity contribution in [3.05, 3.63) is 89.3 Å². The molecule has 5 rings (SSSR count). The van der Waals surface area contributed by atoms with Crippen LogP contribution in [-0.4, -0.2) is 25.8 Å². The Morgan fingerprint density at radius 3 is 2.35 bits per heavy atom. The smallest absolute Gasteiger partial charge is 0.255 e. The second-order valence-corrected chi connectivity index (χ2v) is 8.61. The van der Waals surface area contributed by atoms with E-state index in [0.29, 0.717) is 28.7 Å². The van der Waals surface area contributed by atoms with Crippen LogP contribution < -0.4 is 16.0 Å². The highest BCUT2D eigenvalue weighted by molar-refractivity contribution is 7.16. The lowest BCUT2D eigenvalue weighted by molar-refractivity contribution is 0.102. The third-order valence-corrected chi connectivity index (χ3v) is 5.81. The molecule has 0 unspecified atom stereocenters. The Kier molecular flexibility index (Phi) is 5.84. The van der Waals surface area contributed by atoms with Crippen LogP contribution in [0.2, 0.25) is 0 Å². The van der Waals surface area contributed by atoms with Crippen molar-refractivity contribution < 1.29 is 4.79 Å². The summed E-state index contributed by atoms with van der Waals surface area (Å²) in [5.74, 6) is 2.48. The van der Waals surface area contributed by atoms with Crippen molar-refractivity contribution in [2.75, 3.05) is 16.0 Å². The zero-order chi connectivity index (χ0) is 23.5. The second-order valence-electron chi connectivity index (χ2n) is 7.72. The number of benzene rings is 2. The zero-order valence-electron chi connectivity index (χ0n) is 18.5. The van der Waals surface area contributed by atoms with Gasteiger partial charge < -0.3 is 16.0 Å². The molecular weight excluding hydrogens is 446 g/mol. The summed E-state index contributed by atoms with van der Waals surface area (Å²) in [6.45, 7) is 3.85. The maximum Gasteiger partial charge on any atom is 0.255 e. The van der Waals surface area contributed by atoms with Crippen LogP contribution in [0.1, 0.15) is 21.7 Å². The Morgan fingerprint density at radius 2 is 1.56 bits per heavy atom. The number of hydrogen-bond donors (Lipinski definition) is 3. The number of fused-ring (bicyclic) bond motifs is 1. The summed E-state index contributed by atoms with van der Waals surface area (Å²) >= 11 is 1.51. The van der Waals surface area contributed by atoms with E-state index in [1.165, 1.54) is 11.3 Å². The molecule has 3 N–H and O–H groups in total. The highest BCUT2D eigenvalue weighted by Crippen LogP contribution is 2.23. The Labute approximate surface area is 200 Å². The van der Waals surface area contributed by atoms with E-state index in [-0.39, 0.29) is 5.91 Å². The number of aromatic nitrogens is 4. The maximum absolute atomic E-state index is 12.6. The fourth-order valence-corrected chi connectivity index (χ4v) is 4.13. The summed E-state index contributed by atoms with van der Waals surface area (Å²) in [7, 11) is 0. The molecule has 0 spiro atoms. The largest absolute Gasteiger partial charge is 0.340 e. The maximum atomic E-state index is 12.6. The third-order valence-electron chi connectivity index (χ3n) is 5.02. The molecule has 0 radical (unpaired) electrons. The molecule has 0 aliphatic rings. The molecule has 168 valence electrons. The van der Waals surface area contributed by atoms with Gasteiger partial charge in [0.2, 0.25) is 0 Å². The monoisotopic (exact) mass is 467 g/mol. The van der Waals surface area contributed by atoms with Crippen molar-refractivity contribution in [3.63, 3.8) is 0 Å². The molecule has 2 aromatic carbocycles. The number of rotatable bonds is 6. The van der Waals surface area contributed by atoms with Crippen LogP contribution in [0, 0.1) is 13.8 Å². The summed E-state index contributed by atoms with van der Waals surface area (Å²) in [5, 5.41) is 9.43. The molecule has 0 aliphatic heterocycles. The second kappa shape index (κ2) is 9.24. The minimum Gasteiger partial charge on any atom is -0.340 e. The van der Waals surface area contributed by atoms with Crippen molar-refractivity contribution in [2.24, 2.45) is 0 Å². The molecule has 0 saturated carbocycles. The molecule has 34 heavy (non-hydrogen) atoms. The predicted octanol–water partition coefficient (Wildman–Crippen LogP) is 5.84. The molecule has 1 amide bonds. The number of anilines is 5. The number of hydrogen-bond acceptors (Lipinski definition) is 8. The van der Waals surface area contributed by atoms with Crippen LogP contribution in [0.3, 0.4) is 0 Å². The summed E-state index contributed by atoms with van der Waals surface area (Å²) < 4.78 is 0.986. The number of pyridine rings is 1. The number of nitrogens with zero attached hydrogens (tertiary/aromatic N) is 4. The summed E-state index contributed by atoms with van der Waals surface area (Å²) in [5.41, 5.74) is 5.91. The molecule has 9 heteroatoms. The van der Waals surface area contributed by atoms with Gasteiger partial charge in [0.15, 0.2) is 0 Å². The van der Waals surface area contributed by atoms with Gasteiger partial charge in [0.1, 0.15) is 23.3 Å². The topological polar surface area (TPSA) is 105 Å². The number of amides is 1. The van der Waals surface area contributed by atoms with Gasteiger partial charge in [-0.15, -0.1) is 11.3 Å². The van der Waals surface area contributed by atoms with Crippen LogP contribution in [0.15, 0.2) is 72.4 Å². The standard InChI is InChI=1S/C25H21N7OS/c1-15-9-10-26-22(11-15)32-24-13-23(28-16(2)29-24)30-18-4-6-19(7-5-18)31-25(33)17-3-8-20-21(12-17)34-14-27-20/h3-14H,1-2H3,(H,31,33)(H2,26,28,29,30,32). The molecule has 3 aromatic heterocycles. The van der Waals surface area contributed by atoms with Gasteiger partial charge >= 0.3 is 0 Å². The van der Waals surface area contributed by atoms with Crippen LogP contribution >= 0.6 is 11.3 Å². The third kappa shape index (κ3) is 5.00.